The highest BCUT2D eigenvalue weighted by atomic mass is 16.6. The lowest BCUT2D eigenvalue weighted by Gasteiger charge is -2.29. The molecule has 0 saturated heterocycles. The Balaban J connectivity index is 1.64. The van der Waals surface area contributed by atoms with E-state index in [2.05, 4.69) is 53.1 Å². The van der Waals surface area contributed by atoms with Crippen LogP contribution in [0.2, 0.25) is 0 Å². The maximum absolute atomic E-state index is 13.0. The summed E-state index contributed by atoms with van der Waals surface area (Å²) >= 11 is 0. The minimum absolute atomic E-state index is 0.0810. The molecule has 0 radical (unpaired) electrons. The van der Waals surface area contributed by atoms with Crippen molar-refractivity contribution in [2.24, 2.45) is 0 Å². The summed E-state index contributed by atoms with van der Waals surface area (Å²) in [5, 5.41) is 6.50. The Morgan fingerprint density at radius 1 is 0.842 bits per heavy atom. The predicted octanol–water partition coefficient (Wildman–Crippen LogP) is 5.82. The molecule has 0 saturated carbocycles. The minimum atomic E-state index is -0.582. The van der Waals surface area contributed by atoms with Crippen LogP contribution in [-0.4, -0.2) is 48.2 Å². The van der Waals surface area contributed by atoms with Crippen molar-refractivity contribution in [2.45, 2.75) is 58.7 Å². The number of rotatable bonds is 12. The van der Waals surface area contributed by atoms with Crippen molar-refractivity contribution in [3.8, 4) is 11.1 Å². The fourth-order valence-corrected chi connectivity index (χ4v) is 4.28. The zero-order valence-electron chi connectivity index (χ0n) is 23.1. The van der Waals surface area contributed by atoms with Crippen molar-refractivity contribution < 1.29 is 14.3 Å². The predicted molar refractivity (Wildman–Crippen MR) is 154 cm³/mol. The largest absolute Gasteiger partial charge is 0.444 e. The Bertz CT molecular complexity index is 1140. The summed E-state index contributed by atoms with van der Waals surface area (Å²) in [5.41, 5.74) is 4.05. The van der Waals surface area contributed by atoms with E-state index in [9.17, 15) is 9.59 Å². The molecule has 2 N–H and O–H groups in total. The van der Waals surface area contributed by atoms with Crippen LogP contribution in [0.3, 0.4) is 0 Å². The van der Waals surface area contributed by atoms with E-state index < -0.39 is 5.60 Å². The molecule has 0 fully saturated rings. The van der Waals surface area contributed by atoms with Crippen LogP contribution in [0.1, 0.15) is 45.2 Å². The van der Waals surface area contributed by atoms with Crippen molar-refractivity contribution in [1.29, 1.82) is 0 Å². The van der Waals surface area contributed by atoms with E-state index in [0.717, 1.165) is 23.2 Å². The molecule has 0 aliphatic rings. The first-order valence-corrected chi connectivity index (χ1v) is 13.3. The van der Waals surface area contributed by atoms with Gasteiger partial charge >= 0.3 is 6.09 Å². The molecule has 0 heterocycles. The van der Waals surface area contributed by atoms with Gasteiger partial charge in [0.15, 0.2) is 0 Å². The summed E-state index contributed by atoms with van der Waals surface area (Å²) in [6, 6.07) is 28.7. The van der Waals surface area contributed by atoms with E-state index in [1.165, 1.54) is 12.5 Å². The van der Waals surface area contributed by atoms with E-state index >= 15 is 0 Å². The smallest absolute Gasteiger partial charge is 0.410 e. The third kappa shape index (κ3) is 10.4. The van der Waals surface area contributed by atoms with Gasteiger partial charge in [0.2, 0.25) is 5.91 Å². The molecule has 0 bridgehead atoms. The minimum Gasteiger partial charge on any atom is -0.444 e. The monoisotopic (exact) mass is 515 g/mol. The van der Waals surface area contributed by atoms with Crippen LogP contribution in [0.25, 0.3) is 11.1 Å². The van der Waals surface area contributed by atoms with Crippen molar-refractivity contribution in [2.75, 3.05) is 19.6 Å². The average molecular weight is 516 g/mol. The number of ether oxygens (including phenoxy) is 1. The van der Waals surface area contributed by atoms with Crippen molar-refractivity contribution in [1.82, 2.24) is 15.5 Å². The van der Waals surface area contributed by atoms with Crippen LogP contribution in [0.4, 0.5) is 4.79 Å². The van der Waals surface area contributed by atoms with Gasteiger partial charge in [-0.3, -0.25) is 4.79 Å². The standard InChI is InChI=1S/C32H41N3O3/c1-25(36)34-30(23-27-14-11-17-29(22-27)28-15-9-6-10-16-28)18-20-35(31(37)38-32(2,3)4)21-19-33-24-26-12-7-5-8-13-26/h5-17,22,30,33H,18-21,23-24H2,1-4H3,(H,34,36)/t30-/m1/s1. The Hall–Kier alpha value is -3.64. The maximum Gasteiger partial charge on any atom is 0.410 e. The molecule has 0 aliphatic carbocycles. The SMILES string of the molecule is CC(=O)N[C@H](CCN(CCNCc1ccccc1)C(=O)OC(C)(C)C)Cc1cccc(-c2ccccc2)c1. The topological polar surface area (TPSA) is 70.7 Å². The summed E-state index contributed by atoms with van der Waals surface area (Å²) in [4.78, 5) is 26.8. The second kappa shape index (κ2) is 14.3. The lowest BCUT2D eigenvalue weighted by atomic mass is 9.98. The summed E-state index contributed by atoms with van der Waals surface area (Å²) in [7, 11) is 0. The number of hydrogen-bond acceptors (Lipinski definition) is 4. The van der Waals surface area contributed by atoms with Gasteiger partial charge in [-0.15, -0.1) is 0 Å². The molecule has 0 aliphatic heterocycles. The zero-order chi connectivity index (χ0) is 27.4. The molecule has 0 unspecified atom stereocenters. The molecule has 0 spiro atoms. The van der Waals surface area contributed by atoms with Gasteiger partial charge < -0.3 is 20.3 Å². The normalized spacial score (nSPS) is 12.0. The number of nitrogens with zero attached hydrogens (tertiary/aromatic N) is 1. The number of carbonyl (C=O) groups excluding carboxylic acids is 2. The molecule has 3 aromatic carbocycles. The van der Waals surface area contributed by atoms with Gasteiger partial charge in [0, 0.05) is 39.1 Å². The summed E-state index contributed by atoms with van der Waals surface area (Å²) < 4.78 is 5.68. The molecule has 2 amide bonds. The van der Waals surface area contributed by atoms with Crippen LogP contribution in [0.5, 0.6) is 0 Å². The van der Waals surface area contributed by atoms with Gasteiger partial charge in [0.1, 0.15) is 5.60 Å². The quantitative estimate of drug-likeness (QED) is 0.298. The molecule has 1 atom stereocenters. The number of amides is 2. The average Bonchev–Trinajstić information content (AvgIpc) is 2.88. The van der Waals surface area contributed by atoms with Gasteiger partial charge in [0.25, 0.3) is 0 Å². The lowest BCUT2D eigenvalue weighted by molar-refractivity contribution is -0.119. The first kappa shape index (κ1) is 28.9. The number of nitrogens with one attached hydrogen (secondary N) is 2. The lowest BCUT2D eigenvalue weighted by Crippen LogP contribution is -2.44. The van der Waals surface area contributed by atoms with E-state index in [1.807, 2.05) is 63.2 Å². The summed E-state index contributed by atoms with van der Waals surface area (Å²) in [6.07, 6.45) is 0.952. The number of carbonyl (C=O) groups is 2. The first-order chi connectivity index (χ1) is 18.2. The molecule has 3 aromatic rings. The highest BCUT2D eigenvalue weighted by Crippen LogP contribution is 2.21. The van der Waals surface area contributed by atoms with Gasteiger partial charge in [-0.2, -0.15) is 0 Å². The Morgan fingerprint density at radius 3 is 2.13 bits per heavy atom. The fourth-order valence-electron chi connectivity index (χ4n) is 4.28. The van der Waals surface area contributed by atoms with Crippen LogP contribution in [0.15, 0.2) is 84.9 Å². The highest BCUT2D eigenvalue weighted by molar-refractivity contribution is 5.73. The second-order valence-corrected chi connectivity index (χ2v) is 10.6. The molecule has 3 rings (SSSR count). The van der Waals surface area contributed by atoms with Gasteiger partial charge in [-0.05, 0) is 55.9 Å². The van der Waals surface area contributed by atoms with Gasteiger partial charge in [-0.25, -0.2) is 4.79 Å². The Labute approximate surface area is 227 Å². The van der Waals surface area contributed by atoms with Crippen LogP contribution < -0.4 is 10.6 Å². The molecule has 6 heteroatoms. The zero-order valence-corrected chi connectivity index (χ0v) is 23.1. The van der Waals surface area contributed by atoms with Crippen LogP contribution in [-0.2, 0) is 22.5 Å². The van der Waals surface area contributed by atoms with E-state index in [0.29, 0.717) is 32.5 Å². The molecular weight excluding hydrogens is 474 g/mol. The highest BCUT2D eigenvalue weighted by Gasteiger charge is 2.23. The molecular formula is C32H41N3O3. The number of hydrogen-bond donors (Lipinski definition) is 2. The van der Waals surface area contributed by atoms with Crippen molar-refractivity contribution in [3.63, 3.8) is 0 Å². The van der Waals surface area contributed by atoms with Crippen molar-refractivity contribution in [3.05, 3.63) is 96.1 Å². The van der Waals surface area contributed by atoms with E-state index in [-0.39, 0.29) is 18.0 Å². The molecule has 202 valence electrons. The summed E-state index contributed by atoms with van der Waals surface area (Å²) in [6.45, 7) is 9.51. The second-order valence-electron chi connectivity index (χ2n) is 10.6. The Morgan fingerprint density at radius 2 is 1.47 bits per heavy atom. The van der Waals surface area contributed by atoms with Crippen LogP contribution >= 0.6 is 0 Å². The molecule has 6 nitrogen and oxygen atoms in total. The first-order valence-electron chi connectivity index (χ1n) is 13.3. The van der Waals surface area contributed by atoms with Crippen molar-refractivity contribution >= 4 is 12.0 Å². The fraction of sp³-hybridized carbons (Fsp3) is 0.375. The third-order valence-electron chi connectivity index (χ3n) is 6.05. The maximum atomic E-state index is 13.0. The number of benzene rings is 3. The van der Waals surface area contributed by atoms with Crippen LogP contribution in [0, 0.1) is 0 Å². The molecule has 38 heavy (non-hydrogen) atoms. The third-order valence-corrected chi connectivity index (χ3v) is 6.05. The molecule has 0 aromatic heterocycles. The van der Waals surface area contributed by atoms with E-state index in [1.54, 1.807) is 4.90 Å². The van der Waals surface area contributed by atoms with Gasteiger partial charge in [0.05, 0.1) is 0 Å². The van der Waals surface area contributed by atoms with Gasteiger partial charge in [-0.1, -0.05) is 84.9 Å². The van der Waals surface area contributed by atoms with E-state index in [4.69, 9.17) is 4.74 Å². The Kier molecular flexibility index (Phi) is 10.9. The summed E-state index contributed by atoms with van der Waals surface area (Å²) in [5.74, 6) is -0.0810.